The number of amides is 2. The first kappa shape index (κ1) is 21.9. The molecule has 0 saturated heterocycles. The van der Waals surface area contributed by atoms with Crippen LogP contribution in [-0.2, 0) is 9.59 Å². The Morgan fingerprint density at radius 1 is 0.970 bits per heavy atom. The normalized spacial score (nSPS) is 11.7. The lowest BCUT2D eigenvalue weighted by Gasteiger charge is -2.19. The maximum atomic E-state index is 13.3. The molecule has 0 bridgehead atoms. The Balaban J connectivity index is 1.63. The van der Waals surface area contributed by atoms with E-state index in [0.717, 1.165) is 16.5 Å². The van der Waals surface area contributed by atoms with Crippen molar-refractivity contribution in [2.24, 2.45) is 0 Å². The Hall–Kier alpha value is -4.33. The number of hydrogen-bond acceptors (Lipinski definition) is 5. The number of carbonyl (C=O) groups is 3. The van der Waals surface area contributed by atoms with E-state index in [1.807, 2.05) is 48.7 Å². The zero-order valence-corrected chi connectivity index (χ0v) is 18.1. The molecule has 2 heterocycles. The highest BCUT2D eigenvalue weighted by Crippen LogP contribution is 2.21. The van der Waals surface area contributed by atoms with Gasteiger partial charge >= 0.3 is 0 Å². The third-order valence-electron chi connectivity index (χ3n) is 5.15. The summed E-state index contributed by atoms with van der Waals surface area (Å²) in [6, 6.07) is 19.3. The fourth-order valence-electron chi connectivity index (χ4n) is 3.54. The number of aromatic nitrogens is 3. The zero-order chi connectivity index (χ0) is 23.2. The van der Waals surface area contributed by atoms with Crippen LogP contribution >= 0.6 is 0 Å². The van der Waals surface area contributed by atoms with Crippen molar-refractivity contribution in [2.45, 2.75) is 19.4 Å². The molecule has 1 unspecified atom stereocenters. The largest absolute Gasteiger partial charge is 0.350 e. The Bertz CT molecular complexity index is 1270. The summed E-state index contributed by atoms with van der Waals surface area (Å²) in [5.41, 5.74) is 1.81. The van der Waals surface area contributed by atoms with Gasteiger partial charge in [-0.05, 0) is 30.7 Å². The molecule has 0 saturated carbocycles. The molecule has 8 nitrogen and oxygen atoms in total. The maximum Gasteiger partial charge on any atom is 0.287 e. The third kappa shape index (κ3) is 4.95. The average molecular weight is 441 g/mol. The van der Waals surface area contributed by atoms with Gasteiger partial charge in [-0.15, -0.1) is 0 Å². The molecule has 8 heteroatoms. The van der Waals surface area contributed by atoms with E-state index in [0.29, 0.717) is 17.9 Å². The lowest BCUT2D eigenvalue weighted by atomic mass is 10.0. The number of likely N-dealkylation sites (N-methyl/N-ethyl adjacent to an activating group) is 1. The fourth-order valence-corrected chi connectivity index (χ4v) is 3.54. The quantitative estimate of drug-likeness (QED) is 0.409. The summed E-state index contributed by atoms with van der Waals surface area (Å²) in [7, 11) is 0. The number of ketones is 1. The van der Waals surface area contributed by atoms with Crippen molar-refractivity contribution in [3.05, 3.63) is 90.3 Å². The molecule has 33 heavy (non-hydrogen) atoms. The molecule has 0 fully saturated rings. The molecule has 0 radical (unpaired) electrons. The molecule has 0 spiro atoms. The summed E-state index contributed by atoms with van der Waals surface area (Å²) in [4.78, 5) is 42.1. The van der Waals surface area contributed by atoms with Crippen LogP contribution in [-0.4, -0.2) is 38.9 Å². The molecule has 4 rings (SSSR count). The van der Waals surface area contributed by atoms with Crippen LogP contribution < -0.4 is 10.6 Å². The standard InChI is InChI=1S/C25H23N5O3/c1-2-26-25(33)22(31)15-21(17-9-4-3-5-10-17)28-24(32)19-12-8-14-27-23(19)30-16-18-11-6-7-13-20(18)29-30/h3-14,16,21H,2,15H2,1H3,(H,26,33)(H,28,32). The summed E-state index contributed by atoms with van der Waals surface area (Å²) in [6.45, 7) is 2.09. The van der Waals surface area contributed by atoms with E-state index in [2.05, 4.69) is 20.7 Å². The number of nitrogens with zero attached hydrogens (tertiary/aromatic N) is 3. The fraction of sp³-hybridized carbons (Fsp3) is 0.160. The van der Waals surface area contributed by atoms with Gasteiger partial charge in [0, 0.05) is 30.7 Å². The minimum Gasteiger partial charge on any atom is -0.350 e. The second-order valence-corrected chi connectivity index (χ2v) is 7.43. The summed E-state index contributed by atoms with van der Waals surface area (Å²) in [5, 5.41) is 10.9. The zero-order valence-electron chi connectivity index (χ0n) is 18.1. The van der Waals surface area contributed by atoms with E-state index in [9.17, 15) is 14.4 Å². The minimum absolute atomic E-state index is 0.164. The predicted molar refractivity (Wildman–Crippen MR) is 124 cm³/mol. The van der Waals surface area contributed by atoms with Gasteiger partial charge < -0.3 is 10.6 Å². The molecule has 0 aliphatic heterocycles. The number of rotatable bonds is 8. The summed E-state index contributed by atoms with van der Waals surface area (Å²) in [5.74, 6) is -1.32. The van der Waals surface area contributed by atoms with Crippen molar-refractivity contribution < 1.29 is 14.4 Å². The predicted octanol–water partition coefficient (Wildman–Crippen LogP) is 2.99. The van der Waals surface area contributed by atoms with Crippen LogP contribution in [0.4, 0.5) is 0 Å². The van der Waals surface area contributed by atoms with E-state index >= 15 is 0 Å². The molecular weight excluding hydrogens is 418 g/mol. The van der Waals surface area contributed by atoms with Crippen LogP contribution in [0.25, 0.3) is 16.7 Å². The second kappa shape index (κ2) is 9.86. The number of hydrogen-bond donors (Lipinski definition) is 2. The van der Waals surface area contributed by atoms with E-state index in [1.165, 1.54) is 0 Å². The second-order valence-electron chi connectivity index (χ2n) is 7.43. The van der Waals surface area contributed by atoms with Crippen molar-refractivity contribution in [3.63, 3.8) is 0 Å². The number of Topliss-reactive ketones (excluding diaryl/α,β-unsaturated/α-hetero) is 1. The van der Waals surface area contributed by atoms with Gasteiger partial charge in [-0.2, -0.15) is 5.10 Å². The monoisotopic (exact) mass is 441 g/mol. The van der Waals surface area contributed by atoms with Gasteiger partial charge in [0.2, 0.25) is 5.78 Å². The molecule has 2 N–H and O–H groups in total. The lowest BCUT2D eigenvalue weighted by molar-refractivity contribution is -0.138. The molecule has 166 valence electrons. The average Bonchev–Trinajstić information content (AvgIpc) is 3.28. The molecule has 2 aromatic heterocycles. The number of pyridine rings is 1. The molecular formula is C25H23N5O3. The van der Waals surface area contributed by atoms with Gasteiger partial charge in [-0.1, -0.05) is 48.5 Å². The number of carbonyl (C=O) groups excluding carboxylic acids is 3. The smallest absolute Gasteiger partial charge is 0.287 e. The van der Waals surface area contributed by atoms with Crippen molar-refractivity contribution in [3.8, 4) is 5.82 Å². The maximum absolute atomic E-state index is 13.3. The van der Waals surface area contributed by atoms with Crippen LogP contribution in [0.1, 0.15) is 35.3 Å². The lowest BCUT2D eigenvalue weighted by Crippen LogP contribution is -2.36. The highest BCUT2D eigenvalue weighted by Gasteiger charge is 2.24. The number of fused-ring (bicyclic) bond motifs is 1. The Kier molecular flexibility index (Phi) is 6.54. The van der Waals surface area contributed by atoms with E-state index in [4.69, 9.17) is 0 Å². The SMILES string of the molecule is CCNC(=O)C(=O)CC(NC(=O)c1cccnc1-n1cc2ccccc2n1)c1ccccc1. The van der Waals surface area contributed by atoms with E-state index in [1.54, 1.807) is 42.1 Å². The number of nitrogens with one attached hydrogen (secondary N) is 2. The third-order valence-corrected chi connectivity index (χ3v) is 5.15. The van der Waals surface area contributed by atoms with Crippen LogP contribution in [0, 0.1) is 0 Å². The minimum atomic E-state index is -0.682. The molecule has 0 aliphatic carbocycles. The van der Waals surface area contributed by atoms with E-state index in [-0.39, 0.29) is 6.42 Å². The summed E-state index contributed by atoms with van der Waals surface area (Å²) in [6.07, 6.45) is 3.23. The molecule has 2 aromatic carbocycles. The van der Waals surface area contributed by atoms with Crippen molar-refractivity contribution >= 4 is 28.5 Å². The van der Waals surface area contributed by atoms with Gasteiger partial charge in [0.05, 0.1) is 17.1 Å². The first-order valence-electron chi connectivity index (χ1n) is 10.6. The highest BCUT2D eigenvalue weighted by molar-refractivity contribution is 6.36. The van der Waals surface area contributed by atoms with Gasteiger partial charge in [-0.3, -0.25) is 14.4 Å². The molecule has 0 aliphatic rings. The van der Waals surface area contributed by atoms with Gasteiger partial charge in [0.25, 0.3) is 11.8 Å². The Morgan fingerprint density at radius 2 is 1.73 bits per heavy atom. The molecule has 1 atom stereocenters. The van der Waals surface area contributed by atoms with Crippen LogP contribution in [0.5, 0.6) is 0 Å². The van der Waals surface area contributed by atoms with Crippen molar-refractivity contribution in [1.29, 1.82) is 0 Å². The summed E-state index contributed by atoms with van der Waals surface area (Å²) >= 11 is 0. The first-order valence-corrected chi connectivity index (χ1v) is 10.6. The topological polar surface area (TPSA) is 106 Å². The van der Waals surface area contributed by atoms with Crippen molar-refractivity contribution in [2.75, 3.05) is 6.54 Å². The van der Waals surface area contributed by atoms with Crippen LogP contribution in [0.3, 0.4) is 0 Å². The first-order chi connectivity index (χ1) is 16.1. The van der Waals surface area contributed by atoms with Crippen LogP contribution in [0.15, 0.2) is 79.1 Å². The molecule has 2 amide bonds. The molecule has 4 aromatic rings. The van der Waals surface area contributed by atoms with E-state index < -0.39 is 23.6 Å². The number of benzene rings is 2. The Morgan fingerprint density at radius 3 is 2.48 bits per heavy atom. The highest BCUT2D eigenvalue weighted by atomic mass is 16.2. The van der Waals surface area contributed by atoms with Gasteiger partial charge in [-0.25, -0.2) is 9.67 Å². The van der Waals surface area contributed by atoms with Gasteiger partial charge in [0.15, 0.2) is 5.82 Å². The van der Waals surface area contributed by atoms with Crippen molar-refractivity contribution in [1.82, 2.24) is 25.4 Å². The Labute approximate surface area is 190 Å². The summed E-state index contributed by atoms with van der Waals surface area (Å²) < 4.78 is 1.57. The van der Waals surface area contributed by atoms with Gasteiger partial charge in [0.1, 0.15) is 0 Å². The van der Waals surface area contributed by atoms with Crippen LogP contribution in [0.2, 0.25) is 0 Å².